The average Bonchev–Trinajstić information content (AvgIpc) is 2.22. The topological polar surface area (TPSA) is 78.4 Å². The minimum Gasteiger partial charge on any atom is -0.480 e. The van der Waals surface area contributed by atoms with Crippen molar-refractivity contribution < 1.29 is 23.5 Å². The van der Waals surface area contributed by atoms with Crippen LogP contribution in [0.5, 0.6) is 0 Å². The lowest BCUT2D eigenvalue weighted by Crippen LogP contribution is -2.38. The number of amides is 2. The largest absolute Gasteiger partial charge is 0.480 e. The summed E-state index contributed by atoms with van der Waals surface area (Å²) < 4.78 is 25.5. The first-order valence-electron chi connectivity index (χ1n) is 4.66. The molecule has 0 saturated heterocycles. The van der Waals surface area contributed by atoms with Crippen molar-refractivity contribution in [2.45, 2.75) is 6.54 Å². The Balaban J connectivity index is 2.44. The predicted molar refractivity (Wildman–Crippen MR) is 54.2 cm³/mol. The second-order valence-corrected chi connectivity index (χ2v) is 3.21. The highest BCUT2D eigenvalue weighted by molar-refractivity contribution is 5.79. The fourth-order valence-corrected chi connectivity index (χ4v) is 1.11. The van der Waals surface area contributed by atoms with Crippen molar-refractivity contribution in [1.82, 2.24) is 10.6 Å². The molecule has 5 nitrogen and oxygen atoms in total. The van der Waals surface area contributed by atoms with Gasteiger partial charge in [0.15, 0.2) is 0 Å². The number of carboxylic acid groups (broad SMARTS) is 1. The second kappa shape index (κ2) is 5.78. The molecule has 0 aliphatic rings. The lowest BCUT2D eigenvalue weighted by Gasteiger charge is -2.06. The van der Waals surface area contributed by atoms with E-state index in [9.17, 15) is 18.4 Å². The molecule has 0 aromatic heterocycles. The van der Waals surface area contributed by atoms with Crippen LogP contribution in [0.15, 0.2) is 18.2 Å². The molecule has 1 aromatic rings. The Morgan fingerprint density at radius 2 is 1.71 bits per heavy atom. The number of carbonyl (C=O) groups is 2. The van der Waals surface area contributed by atoms with E-state index in [0.717, 1.165) is 12.1 Å². The maximum absolute atomic E-state index is 12.8. The Bertz CT molecular complexity index is 417. The van der Waals surface area contributed by atoms with E-state index in [1.54, 1.807) is 0 Å². The van der Waals surface area contributed by atoms with Crippen LogP contribution in [0, 0.1) is 11.6 Å². The quantitative estimate of drug-likeness (QED) is 0.734. The Morgan fingerprint density at radius 1 is 1.12 bits per heavy atom. The van der Waals surface area contributed by atoms with Gasteiger partial charge < -0.3 is 15.7 Å². The van der Waals surface area contributed by atoms with Gasteiger partial charge >= 0.3 is 12.0 Å². The fraction of sp³-hybridized carbons (Fsp3) is 0.200. The Hall–Kier alpha value is -2.18. The number of benzene rings is 1. The average molecular weight is 244 g/mol. The van der Waals surface area contributed by atoms with Crippen LogP contribution in [-0.2, 0) is 11.3 Å². The normalized spacial score (nSPS) is 9.76. The number of nitrogens with one attached hydrogen (secondary N) is 2. The first-order chi connectivity index (χ1) is 7.97. The summed E-state index contributed by atoms with van der Waals surface area (Å²) in [7, 11) is 0. The molecule has 0 atom stereocenters. The molecule has 1 aromatic carbocycles. The third kappa shape index (κ3) is 4.92. The van der Waals surface area contributed by atoms with Crippen LogP contribution in [0.1, 0.15) is 5.56 Å². The summed E-state index contributed by atoms with van der Waals surface area (Å²) in [5, 5.41) is 12.6. The van der Waals surface area contributed by atoms with Crippen molar-refractivity contribution in [3.05, 3.63) is 35.4 Å². The van der Waals surface area contributed by atoms with E-state index >= 15 is 0 Å². The molecule has 0 heterocycles. The lowest BCUT2D eigenvalue weighted by molar-refractivity contribution is -0.135. The van der Waals surface area contributed by atoms with E-state index in [2.05, 4.69) is 5.32 Å². The van der Waals surface area contributed by atoms with Gasteiger partial charge in [0.25, 0.3) is 0 Å². The Kier molecular flexibility index (Phi) is 4.38. The monoisotopic (exact) mass is 244 g/mol. The minimum atomic E-state index is -1.18. The van der Waals surface area contributed by atoms with Crippen LogP contribution >= 0.6 is 0 Å². The van der Waals surface area contributed by atoms with E-state index < -0.39 is 30.2 Å². The smallest absolute Gasteiger partial charge is 0.323 e. The van der Waals surface area contributed by atoms with Crippen LogP contribution in [0.4, 0.5) is 13.6 Å². The maximum atomic E-state index is 12.8. The summed E-state index contributed by atoms with van der Waals surface area (Å²) in [5.74, 6) is -2.67. The van der Waals surface area contributed by atoms with Gasteiger partial charge in [-0.1, -0.05) is 0 Å². The minimum absolute atomic E-state index is 0.0971. The van der Waals surface area contributed by atoms with E-state index in [-0.39, 0.29) is 12.1 Å². The molecule has 0 fully saturated rings. The number of aliphatic carboxylic acids is 1. The van der Waals surface area contributed by atoms with E-state index in [1.807, 2.05) is 5.32 Å². The van der Waals surface area contributed by atoms with Gasteiger partial charge in [-0.25, -0.2) is 13.6 Å². The molecule has 0 aliphatic heterocycles. The van der Waals surface area contributed by atoms with Crippen LogP contribution in [0.3, 0.4) is 0 Å². The highest BCUT2D eigenvalue weighted by atomic mass is 19.1. The SMILES string of the molecule is O=C(O)CNC(=O)NCc1cc(F)cc(F)c1. The van der Waals surface area contributed by atoms with Crippen molar-refractivity contribution in [3.8, 4) is 0 Å². The first-order valence-corrected chi connectivity index (χ1v) is 4.66. The summed E-state index contributed by atoms with van der Waals surface area (Å²) in [5.41, 5.74) is 0.243. The molecule has 3 N–H and O–H groups in total. The zero-order valence-electron chi connectivity index (χ0n) is 8.67. The Morgan fingerprint density at radius 3 is 2.24 bits per heavy atom. The zero-order valence-corrected chi connectivity index (χ0v) is 8.67. The second-order valence-electron chi connectivity index (χ2n) is 3.21. The molecule has 17 heavy (non-hydrogen) atoms. The number of carboxylic acids is 1. The zero-order chi connectivity index (χ0) is 12.8. The van der Waals surface area contributed by atoms with Crippen molar-refractivity contribution in [2.24, 2.45) is 0 Å². The van der Waals surface area contributed by atoms with Gasteiger partial charge in [0.1, 0.15) is 18.2 Å². The molecule has 1 rings (SSSR count). The van der Waals surface area contributed by atoms with Gasteiger partial charge in [0.2, 0.25) is 0 Å². The summed E-state index contributed by atoms with van der Waals surface area (Å²) in [6.07, 6.45) is 0. The van der Waals surface area contributed by atoms with Gasteiger partial charge in [-0.2, -0.15) is 0 Å². The summed E-state index contributed by atoms with van der Waals surface area (Å²) in [6.45, 7) is -0.622. The molecule has 0 spiro atoms. The lowest BCUT2D eigenvalue weighted by atomic mass is 10.2. The molecular formula is C10H10F2N2O3. The van der Waals surface area contributed by atoms with Crippen LogP contribution in [-0.4, -0.2) is 23.7 Å². The Labute approximate surface area is 95.4 Å². The highest BCUT2D eigenvalue weighted by Gasteiger charge is 2.04. The van der Waals surface area contributed by atoms with E-state index in [4.69, 9.17) is 5.11 Å². The molecule has 2 amide bonds. The molecule has 0 unspecified atom stereocenters. The van der Waals surface area contributed by atoms with Gasteiger partial charge in [-0.05, 0) is 17.7 Å². The highest BCUT2D eigenvalue weighted by Crippen LogP contribution is 2.07. The van der Waals surface area contributed by atoms with Crippen molar-refractivity contribution in [3.63, 3.8) is 0 Å². The first kappa shape index (κ1) is 12.9. The van der Waals surface area contributed by atoms with Gasteiger partial charge in [-0.15, -0.1) is 0 Å². The van der Waals surface area contributed by atoms with Crippen molar-refractivity contribution in [1.29, 1.82) is 0 Å². The third-order valence-electron chi connectivity index (χ3n) is 1.78. The fourth-order valence-electron chi connectivity index (χ4n) is 1.11. The standard InChI is InChI=1S/C10H10F2N2O3/c11-7-1-6(2-8(12)3-7)4-13-10(17)14-5-9(15)16/h1-3H,4-5H2,(H,15,16)(H2,13,14,17). The molecule has 92 valence electrons. The summed E-state index contributed by atoms with van der Waals surface area (Å²) in [6, 6.07) is 2.13. The van der Waals surface area contributed by atoms with E-state index in [0.29, 0.717) is 6.07 Å². The molecule has 0 bridgehead atoms. The van der Waals surface area contributed by atoms with Gasteiger partial charge in [0.05, 0.1) is 0 Å². The van der Waals surface area contributed by atoms with Crippen LogP contribution in [0.2, 0.25) is 0 Å². The van der Waals surface area contributed by atoms with Gasteiger partial charge in [-0.3, -0.25) is 4.79 Å². The maximum Gasteiger partial charge on any atom is 0.323 e. The van der Waals surface area contributed by atoms with Crippen LogP contribution < -0.4 is 10.6 Å². The molecular weight excluding hydrogens is 234 g/mol. The molecule has 0 aliphatic carbocycles. The van der Waals surface area contributed by atoms with Gasteiger partial charge in [0, 0.05) is 12.6 Å². The number of rotatable bonds is 4. The van der Waals surface area contributed by atoms with E-state index in [1.165, 1.54) is 0 Å². The number of urea groups is 1. The van der Waals surface area contributed by atoms with Crippen LogP contribution in [0.25, 0.3) is 0 Å². The number of halogens is 2. The molecule has 7 heteroatoms. The number of hydrogen-bond acceptors (Lipinski definition) is 2. The van der Waals surface area contributed by atoms with Crippen molar-refractivity contribution >= 4 is 12.0 Å². The number of hydrogen-bond donors (Lipinski definition) is 3. The number of carbonyl (C=O) groups excluding carboxylic acids is 1. The predicted octanol–water partition coefficient (Wildman–Crippen LogP) is 0.849. The molecule has 0 saturated carbocycles. The van der Waals surface area contributed by atoms with Crippen molar-refractivity contribution in [2.75, 3.05) is 6.54 Å². The third-order valence-corrected chi connectivity index (χ3v) is 1.78. The molecule has 0 radical (unpaired) electrons. The summed E-state index contributed by atoms with van der Waals surface area (Å²) in [4.78, 5) is 21.1. The summed E-state index contributed by atoms with van der Waals surface area (Å²) >= 11 is 0.